The van der Waals surface area contributed by atoms with Gasteiger partial charge in [-0.05, 0) is 73.2 Å². The lowest BCUT2D eigenvalue weighted by Gasteiger charge is -2.25. The maximum atomic E-state index is 15.5. The highest BCUT2D eigenvalue weighted by molar-refractivity contribution is 7.92. The molecule has 1 fully saturated rings. The molecular weight excluding hydrogens is 757 g/mol. The van der Waals surface area contributed by atoms with E-state index in [2.05, 4.69) is 25.0 Å². The number of nitrogens with one attached hydrogen (secondary N) is 2. The van der Waals surface area contributed by atoms with Crippen LogP contribution < -0.4 is 15.6 Å². The van der Waals surface area contributed by atoms with Crippen LogP contribution in [0.3, 0.4) is 0 Å². The number of esters is 1. The average Bonchev–Trinajstić information content (AvgIpc) is 3.48. The smallest absolute Gasteiger partial charge is 0.329 e. The largest absolute Gasteiger partial charge is 0.461 e. The molecule has 2 N–H and O–H groups in total. The quantitative estimate of drug-likeness (QED) is 0.141. The Morgan fingerprint density at radius 3 is 2.28 bits per heavy atom. The Morgan fingerprint density at radius 1 is 0.912 bits per heavy atom. The van der Waals surface area contributed by atoms with E-state index in [1.54, 1.807) is 66.8 Å². The molecule has 0 saturated heterocycles. The molecule has 294 valence electrons. The Morgan fingerprint density at radius 2 is 1.61 bits per heavy atom. The number of hydrogen-bond acceptors (Lipinski definition) is 9. The number of hydrogen-bond donors (Lipinski definition) is 2. The van der Waals surface area contributed by atoms with Crippen molar-refractivity contribution in [2.24, 2.45) is 7.05 Å². The highest BCUT2D eigenvalue weighted by Crippen LogP contribution is 2.26. The zero-order chi connectivity index (χ0) is 40.3. The van der Waals surface area contributed by atoms with Gasteiger partial charge < -0.3 is 10.1 Å². The second-order valence-corrected chi connectivity index (χ2v) is 15.5. The number of anilines is 1. The molecule has 0 unspecified atom stereocenters. The predicted molar refractivity (Wildman–Crippen MR) is 208 cm³/mol. The van der Waals surface area contributed by atoms with Gasteiger partial charge in [0.15, 0.2) is 0 Å². The standard InChI is InChI=1S/C41H39F2N7O6S/c1-3-38-45-22-27(23-46-38)26-11-15-30(16-12-26)57(54,55)48-35-21-33(42)32(20-34(35)43)39(51)47-36(41(53)56-29-7-5-4-6-8-29)19-25-9-13-28(14-10-25)50-40(52)31-17-18-44-24-37(31)49(50)2/h9-18,20-24,29,36,48H,3-8,19H2,1-2H3,(H,47,51)/t36-/m0/s1. The highest BCUT2D eigenvalue weighted by atomic mass is 32.2. The van der Waals surface area contributed by atoms with Gasteiger partial charge in [0.2, 0.25) is 0 Å². The third-order valence-electron chi connectivity index (χ3n) is 9.98. The van der Waals surface area contributed by atoms with Gasteiger partial charge in [-0.2, -0.15) is 0 Å². The number of carbonyl (C=O) groups excluding carboxylic acids is 2. The molecule has 16 heteroatoms. The third-order valence-corrected chi connectivity index (χ3v) is 11.4. The summed E-state index contributed by atoms with van der Waals surface area (Å²) >= 11 is 0. The molecule has 13 nitrogen and oxygen atoms in total. The maximum Gasteiger partial charge on any atom is 0.329 e. The first-order chi connectivity index (χ1) is 27.4. The molecule has 3 aromatic carbocycles. The van der Waals surface area contributed by atoms with E-state index in [1.807, 2.05) is 6.92 Å². The molecule has 57 heavy (non-hydrogen) atoms. The van der Waals surface area contributed by atoms with Gasteiger partial charge in [-0.25, -0.2) is 36.6 Å². The van der Waals surface area contributed by atoms with Crippen molar-refractivity contribution < 1.29 is 31.5 Å². The summed E-state index contributed by atoms with van der Waals surface area (Å²) in [5.41, 5.74) is 1.40. The van der Waals surface area contributed by atoms with E-state index in [1.165, 1.54) is 28.9 Å². The van der Waals surface area contributed by atoms with Crippen LogP contribution in [0, 0.1) is 11.6 Å². The summed E-state index contributed by atoms with van der Waals surface area (Å²) in [5, 5.41) is 3.00. The molecule has 1 aliphatic carbocycles. The van der Waals surface area contributed by atoms with Gasteiger partial charge in [0.05, 0.1) is 38.9 Å². The van der Waals surface area contributed by atoms with Gasteiger partial charge >= 0.3 is 5.97 Å². The lowest BCUT2D eigenvalue weighted by molar-refractivity contribution is -0.152. The predicted octanol–water partition coefficient (Wildman–Crippen LogP) is 6.04. The lowest BCUT2D eigenvalue weighted by atomic mass is 9.97. The fraction of sp³-hybridized carbons (Fsp3) is 0.268. The van der Waals surface area contributed by atoms with Crippen molar-refractivity contribution in [3.05, 3.63) is 130 Å². The number of benzene rings is 3. The first-order valence-corrected chi connectivity index (χ1v) is 20.0. The minimum absolute atomic E-state index is 0.0661. The summed E-state index contributed by atoms with van der Waals surface area (Å²) in [6.07, 6.45) is 10.7. The number of aromatic nitrogens is 5. The van der Waals surface area contributed by atoms with E-state index >= 15 is 8.78 Å². The summed E-state index contributed by atoms with van der Waals surface area (Å²) in [5.74, 6) is -3.62. The van der Waals surface area contributed by atoms with E-state index < -0.39 is 50.8 Å². The highest BCUT2D eigenvalue weighted by Gasteiger charge is 2.29. The Kier molecular flexibility index (Phi) is 11.2. The summed E-state index contributed by atoms with van der Waals surface area (Å²) in [6.45, 7) is 1.92. The minimum atomic E-state index is -4.38. The number of sulfonamides is 1. The van der Waals surface area contributed by atoms with Crippen LogP contribution in [0.15, 0.2) is 101 Å². The molecule has 7 rings (SSSR count). The molecule has 3 heterocycles. The molecule has 0 aliphatic heterocycles. The van der Waals surface area contributed by atoms with E-state index in [9.17, 15) is 22.8 Å². The fourth-order valence-corrected chi connectivity index (χ4v) is 7.91. The summed E-state index contributed by atoms with van der Waals surface area (Å²) in [7, 11) is -2.65. The summed E-state index contributed by atoms with van der Waals surface area (Å²) in [4.78, 5) is 52.6. The summed E-state index contributed by atoms with van der Waals surface area (Å²) < 4.78 is 68.3. The zero-order valence-corrected chi connectivity index (χ0v) is 31.9. The van der Waals surface area contributed by atoms with Gasteiger partial charge in [0.1, 0.15) is 29.6 Å². The monoisotopic (exact) mass is 795 g/mol. The molecule has 3 aromatic heterocycles. The average molecular weight is 796 g/mol. The molecule has 6 aromatic rings. The van der Waals surface area contributed by atoms with Crippen molar-refractivity contribution in [3.8, 4) is 16.8 Å². The minimum Gasteiger partial charge on any atom is -0.461 e. The first kappa shape index (κ1) is 39.0. The number of halogens is 2. The maximum absolute atomic E-state index is 15.5. The van der Waals surface area contributed by atoms with Crippen molar-refractivity contribution in [2.45, 2.75) is 68.9 Å². The molecule has 0 bridgehead atoms. The Labute approximate surface area is 326 Å². The molecule has 1 saturated carbocycles. The van der Waals surface area contributed by atoms with Crippen molar-refractivity contribution >= 4 is 38.5 Å². The van der Waals surface area contributed by atoms with Crippen LogP contribution >= 0.6 is 0 Å². The van der Waals surface area contributed by atoms with Crippen molar-refractivity contribution in [3.63, 3.8) is 0 Å². The Bertz CT molecular complexity index is 2610. The van der Waals surface area contributed by atoms with Gasteiger partial charge in [-0.3, -0.25) is 24.0 Å². The van der Waals surface area contributed by atoms with Gasteiger partial charge in [-0.15, -0.1) is 0 Å². The Hall–Kier alpha value is -6.29. The first-order valence-electron chi connectivity index (χ1n) is 18.5. The zero-order valence-electron chi connectivity index (χ0n) is 31.1. The molecule has 1 amide bonds. The molecule has 0 radical (unpaired) electrons. The van der Waals surface area contributed by atoms with E-state index in [4.69, 9.17) is 4.74 Å². The molecule has 1 atom stereocenters. The fourth-order valence-electron chi connectivity index (χ4n) is 6.86. The number of fused-ring (bicyclic) bond motifs is 1. The number of rotatable bonds is 12. The molecule has 1 aliphatic rings. The second kappa shape index (κ2) is 16.4. The molecule has 0 spiro atoms. The van der Waals surface area contributed by atoms with Crippen LogP contribution in [0.1, 0.15) is 60.8 Å². The number of pyridine rings is 1. The van der Waals surface area contributed by atoms with Gasteiger partial charge in [0.25, 0.3) is 21.5 Å². The third kappa shape index (κ3) is 8.45. The number of ether oxygens (including phenoxy) is 1. The number of aryl methyl sites for hydroxylation is 2. The van der Waals surface area contributed by atoms with Crippen LogP contribution in [0.2, 0.25) is 0 Å². The second-order valence-electron chi connectivity index (χ2n) is 13.8. The van der Waals surface area contributed by atoms with E-state index in [0.29, 0.717) is 70.5 Å². The van der Waals surface area contributed by atoms with Crippen LogP contribution in [0.25, 0.3) is 27.7 Å². The molecular formula is C41H39F2N7O6S. The SMILES string of the molecule is CCc1ncc(-c2ccc(S(=O)(=O)Nc3cc(F)c(C(=O)N[C@@H](Cc4ccc(-n5c(=O)c6ccncc6n5C)cc4)C(=O)OC4CCCCC4)cc3F)cc2)cn1. The van der Waals surface area contributed by atoms with Crippen LogP contribution in [0.5, 0.6) is 0 Å². The number of nitrogens with zero attached hydrogens (tertiary/aromatic N) is 5. The van der Waals surface area contributed by atoms with Crippen molar-refractivity contribution in [1.29, 1.82) is 0 Å². The van der Waals surface area contributed by atoms with Crippen LogP contribution in [-0.2, 0) is 39.4 Å². The number of carbonyl (C=O) groups is 2. The van der Waals surface area contributed by atoms with Crippen LogP contribution in [-0.4, -0.2) is 56.8 Å². The van der Waals surface area contributed by atoms with E-state index in [0.717, 1.165) is 19.3 Å². The Balaban J connectivity index is 1.08. The van der Waals surface area contributed by atoms with Crippen molar-refractivity contribution in [2.75, 3.05) is 4.72 Å². The topological polar surface area (TPSA) is 167 Å². The normalized spacial score (nSPS) is 14.0. The van der Waals surface area contributed by atoms with E-state index in [-0.39, 0.29) is 23.0 Å². The number of amides is 1. The van der Waals surface area contributed by atoms with Crippen LogP contribution in [0.4, 0.5) is 14.5 Å². The lowest BCUT2D eigenvalue weighted by Crippen LogP contribution is -2.45. The summed E-state index contributed by atoms with van der Waals surface area (Å²) in [6, 6.07) is 13.9. The van der Waals surface area contributed by atoms with Gasteiger partial charge in [-0.1, -0.05) is 37.6 Å². The van der Waals surface area contributed by atoms with Crippen molar-refractivity contribution in [1.82, 2.24) is 29.6 Å². The van der Waals surface area contributed by atoms with Gasteiger partial charge in [0, 0.05) is 50.1 Å².